The summed E-state index contributed by atoms with van der Waals surface area (Å²) in [6, 6.07) is 5.24. The van der Waals surface area contributed by atoms with Gasteiger partial charge < -0.3 is 4.74 Å². The second kappa shape index (κ2) is 6.05. The minimum Gasteiger partial charge on any atom is -0.381 e. The maximum atomic E-state index is 12.9. The van der Waals surface area contributed by atoms with Gasteiger partial charge in [-0.2, -0.15) is 23.5 Å². The zero-order chi connectivity index (χ0) is 16.4. The van der Waals surface area contributed by atoms with Gasteiger partial charge in [-0.3, -0.25) is 4.68 Å². The Balaban J connectivity index is 1.97. The molecule has 3 rings (SSSR count). The zero-order valence-electron chi connectivity index (χ0n) is 12.2. The Morgan fingerprint density at radius 2 is 2.00 bits per heavy atom. The van der Waals surface area contributed by atoms with Gasteiger partial charge in [0.2, 0.25) is 0 Å². The molecule has 120 valence electrons. The van der Waals surface area contributed by atoms with Gasteiger partial charge in [-0.1, -0.05) is 0 Å². The van der Waals surface area contributed by atoms with E-state index >= 15 is 0 Å². The third-order valence-corrected chi connectivity index (χ3v) is 3.94. The number of alkyl halides is 3. The second-order valence-corrected chi connectivity index (χ2v) is 5.42. The Hall–Kier alpha value is -2.33. The monoisotopic (exact) mass is 321 g/mol. The van der Waals surface area contributed by atoms with Crippen molar-refractivity contribution in [1.29, 1.82) is 5.26 Å². The summed E-state index contributed by atoms with van der Waals surface area (Å²) in [7, 11) is 0. The van der Waals surface area contributed by atoms with Crippen molar-refractivity contribution in [2.24, 2.45) is 0 Å². The van der Waals surface area contributed by atoms with E-state index in [1.807, 2.05) is 6.07 Å². The van der Waals surface area contributed by atoms with Crippen molar-refractivity contribution in [3.63, 3.8) is 0 Å². The maximum absolute atomic E-state index is 12.9. The molecule has 2 aromatic rings. The van der Waals surface area contributed by atoms with Crippen LogP contribution in [0, 0.1) is 11.3 Å². The number of hydrogen-bond donors (Lipinski definition) is 0. The molecule has 0 bridgehead atoms. The third kappa shape index (κ3) is 3.22. The molecule has 23 heavy (non-hydrogen) atoms. The quantitative estimate of drug-likeness (QED) is 0.845. The second-order valence-electron chi connectivity index (χ2n) is 5.42. The zero-order valence-corrected chi connectivity index (χ0v) is 12.2. The summed E-state index contributed by atoms with van der Waals surface area (Å²) in [5.41, 5.74) is 0.189. The summed E-state index contributed by atoms with van der Waals surface area (Å²) in [5, 5.41) is 13.4. The maximum Gasteiger partial charge on any atom is 0.416 e. The molecule has 0 N–H and O–H groups in total. The van der Waals surface area contributed by atoms with Crippen molar-refractivity contribution in [3.05, 3.63) is 41.7 Å². The van der Waals surface area contributed by atoms with E-state index in [0.717, 1.165) is 25.0 Å². The van der Waals surface area contributed by atoms with Crippen LogP contribution in [-0.2, 0) is 10.9 Å². The SMILES string of the molecule is N#Cc1ccc(C(F)(F)F)cc1-c1cnn(C2CCOCC2)c1. The molecule has 0 spiro atoms. The number of ether oxygens (including phenoxy) is 1. The Morgan fingerprint density at radius 3 is 2.65 bits per heavy atom. The summed E-state index contributed by atoms with van der Waals surface area (Å²) in [6.07, 6.45) is 0.390. The molecule has 7 heteroatoms. The highest BCUT2D eigenvalue weighted by molar-refractivity contribution is 5.70. The molecule has 0 amide bonds. The number of nitriles is 1. The van der Waals surface area contributed by atoms with Gasteiger partial charge in [0.1, 0.15) is 0 Å². The highest BCUT2D eigenvalue weighted by Gasteiger charge is 2.31. The Morgan fingerprint density at radius 1 is 1.26 bits per heavy atom. The molecule has 0 atom stereocenters. The van der Waals surface area contributed by atoms with Crippen LogP contribution >= 0.6 is 0 Å². The van der Waals surface area contributed by atoms with Crippen LogP contribution in [0.3, 0.4) is 0 Å². The van der Waals surface area contributed by atoms with Crippen molar-refractivity contribution in [3.8, 4) is 17.2 Å². The van der Waals surface area contributed by atoms with E-state index in [-0.39, 0.29) is 17.2 Å². The lowest BCUT2D eigenvalue weighted by molar-refractivity contribution is -0.137. The van der Waals surface area contributed by atoms with Gasteiger partial charge in [0.15, 0.2) is 0 Å². The minimum atomic E-state index is -4.45. The van der Waals surface area contributed by atoms with Crippen LogP contribution in [0.5, 0.6) is 0 Å². The van der Waals surface area contributed by atoms with E-state index in [2.05, 4.69) is 5.10 Å². The minimum absolute atomic E-state index is 0.175. The van der Waals surface area contributed by atoms with E-state index in [9.17, 15) is 13.2 Å². The Kier molecular flexibility index (Phi) is 4.09. The average Bonchev–Trinajstić information content (AvgIpc) is 3.04. The van der Waals surface area contributed by atoms with Gasteiger partial charge in [0.25, 0.3) is 0 Å². The molecule has 1 aromatic carbocycles. The topological polar surface area (TPSA) is 50.8 Å². The fourth-order valence-corrected chi connectivity index (χ4v) is 2.68. The van der Waals surface area contributed by atoms with Gasteiger partial charge in [-0.25, -0.2) is 0 Å². The first-order chi connectivity index (χ1) is 11.0. The van der Waals surface area contributed by atoms with E-state index in [4.69, 9.17) is 10.00 Å². The van der Waals surface area contributed by atoms with Crippen molar-refractivity contribution in [2.45, 2.75) is 25.1 Å². The summed E-state index contributed by atoms with van der Waals surface area (Å²) in [5.74, 6) is 0. The van der Waals surface area contributed by atoms with Gasteiger partial charge in [0, 0.05) is 30.5 Å². The van der Waals surface area contributed by atoms with Gasteiger partial charge in [-0.05, 0) is 31.0 Å². The summed E-state index contributed by atoms with van der Waals surface area (Å²) >= 11 is 0. The smallest absolute Gasteiger partial charge is 0.381 e. The van der Waals surface area contributed by atoms with Crippen LogP contribution in [0.2, 0.25) is 0 Å². The molecule has 0 saturated carbocycles. The van der Waals surface area contributed by atoms with Crippen LogP contribution < -0.4 is 0 Å². The van der Waals surface area contributed by atoms with E-state index in [0.29, 0.717) is 18.8 Å². The molecule has 2 heterocycles. The van der Waals surface area contributed by atoms with Gasteiger partial charge in [-0.15, -0.1) is 0 Å². The first-order valence-electron chi connectivity index (χ1n) is 7.22. The number of nitrogens with zero attached hydrogens (tertiary/aromatic N) is 3. The van der Waals surface area contributed by atoms with Crippen LogP contribution in [0.15, 0.2) is 30.6 Å². The predicted octanol–water partition coefficient (Wildman–Crippen LogP) is 3.79. The molecular formula is C16H14F3N3O. The largest absolute Gasteiger partial charge is 0.416 e. The number of hydrogen-bond acceptors (Lipinski definition) is 3. The van der Waals surface area contributed by atoms with E-state index in [1.54, 1.807) is 10.9 Å². The first-order valence-corrected chi connectivity index (χ1v) is 7.22. The van der Waals surface area contributed by atoms with E-state index < -0.39 is 11.7 Å². The van der Waals surface area contributed by atoms with Crippen LogP contribution in [-0.4, -0.2) is 23.0 Å². The van der Waals surface area contributed by atoms with Gasteiger partial charge >= 0.3 is 6.18 Å². The fraction of sp³-hybridized carbons (Fsp3) is 0.375. The van der Waals surface area contributed by atoms with Gasteiger partial charge in [0.05, 0.1) is 29.4 Å². The van der Waals surface area contributed by atoms with Crippen molar-refractivity contribution in [1.82, 2.24) is 9.78 Å². The summed E-state index contributed by atoms with van der Waals surface area (Å²) in [6.45, 7) is 1.29. The Labute approximate surface area is 131 Å². The third-order valence-electron chi connectivity index (χ3n) is 3.94. The molecule has 1 aliphatic rings. The molecule has 1 saturated heterocycles. The number of halogens is 3. The highest BCUT2D eigenvalue weighted by atomic mass is 19.4. The number of benzene rings is 1. The number of aromatic nitrogens is 2. The fourth-order valence-electron chi connectivity index (χ4n) is 2.68. The van der Waals surface area contributed by atoms with E-state index in [1.165, 1.54) is 12.3 Å². The average molecular weight is 321 g/mol. The number of rotatable bonds is 2. The summed E-state index contributed by atoms with van der Waals surface area (Å²) < 4.78 is 45.7. The molecule has 1 fully saturated rings. The Bertz CT molecular complexity index is 740. The molecule has 4 nitrogen and oxygen atoms in total. The van der Waals surface area contributed by atoms with Crippen LogP contribution in [0.4, 0.5) is 13.2 Å². The lowest BCUT2D eigenvalue weighted by Gasteiger charge is -2.22. The highest BCUT2D eigenvalue weighted by Crippen LogP contribution is 2.34. The molecule has 0 aliphatic carbocycles. The molecule has 1 aromatic heterocycles. The standard InChI is InChI=1S/C16H14F3N3O/c17-16(18,19)13-2-1-11(8-20)15(7-13)12-9-21-22(10-12)14-3-5-23-6-4-14/h1-2,7,9-10,14H,3-6H2. The summed E-state index contributed by atoms with van der Waals surface area (Å²) in [4.78, 5) is 0. The molecule has 0 unspecified atom stereocenters. The predicted molar refractivity (Wildman–Crippen MR) is 76.5 cm³/mol. The lowest BCUT2D eigenvalue weighted by Crippen LogP contribution is -2.19. The molecule has 0 radical (unpaired) electrons. The molecule has 1 aliphatic heterocycles. The molecular weight excluding hydrogens is 307 g/mol. The lowest BCUT2D eigenvalue weighted by atomic mass is 10.00. The van der Waals surface area contributed by atoms with Crippen molar-refractivity contribution in [2.75, 3.05) is 13.2 Å². The normalized spacial score (nSPS) is 16.3. The first kappa shape index (κ1) is 15.6. The van der Waals surface area contributed by atoms with Crippen molar-refractivity contribution >= 4 is 0 Å². The van der Waals surface area contributed by atoms with Crippen LogP contribution in [0.1, 0.15) is 30.0 Å². The van der Waals surface area contributed by atoms with Crippen molar-refractivity contribution < 1.29 is 17.9 Å². The van der Waals surface area contributed by atoms with Crippen LogP contribution in [0.25, 0.3) is 11.1 Å².